The molecular weight excluding hydrogens is 186 g/mol. The van der Waals surface area contributed by atoms with Crippen molar-refractivity contribution >= 4 is 0 Å². The Hall–Kier alpha value is -1.02. The second-order valence-corrected chi connectivity index (χ2v) is 4.35. The Balaban J connectivity index is 2.57. The van der Waals surface area contributed by atoms with Gasteiger partial charge in [0.25, 0.3) is 0 Å². The van der Waals surface area contributed by atoms with E-state index in [1.165, 1.54) is 5.56 Å². The van der Waals surface area contributed by atoms with E-state index in [4.69, 9.17) is 4.74 Å². The highest BCUT2D eigenvalue weighted by molar-refractivity contribution is 5.28. The van der Waals surface area contributed by atoms with Crippen LogP contribution in [0.25, 0.3) is 0 Å². The summed E-state index contributed by atoms with van der Waals surface area (Å²) in [6.45, 7) is 9.27. The Morgan fingerprint density at radius 1 is 1.20 bits per heavy atom. The minimum atomic E-state index is 0.235. The van der Waals surface area contributed by atoms with Crippen molar-refractivity contribution in [1.82, 2.24) is 5.32 Å². The molecule has 0 heterocycles. The van der Waals surface area contributed by atoms with Crippen LogP contribution in [0.15, 0.2) is 24.3 Å². The van der Waals surface area contributed by atoms with Gasteiger partial charge in [-0.25, -0.2) is 0 Å². The number of hydrogen-bond acceptors (Lipinski definition) is 2. The molecule has 84 valence electrons. The van der Waals surface area contributed by atoms with E-state index in [-0.39, 0.29) is 6.10 Å². The van der Waals surface area contributed by atoms with Crippen LogP contribution in [0.2, 0.25) is 0 Å². The van der Waals surface area contributed by atoms with Crippen LogP contribution in [-0.2, 0) is 6.54 Å². The van der Waals surface area contributed by atoms with Crippen molar-refractivity contribution in [3.8, 4) is 5.75 Å². The minimum absolute atomic E-state index is 0.235. The molecular formula is C13H21NO. The molecule has 2 nitrogen and oxygen atoms in total. The van der Waals surface area contributed by atoms with Crippen molar-refractivity contribution in [3.05, 3.63) is 29.8 Å². The monoisotopic (exact) mass is 207 g/mol. The SMILES string of the molecule is CC(C)NCc1cccc(OC(C)C)c1. The van der Waals surface area contributed by atoms with Gasteiger partial charge in [-0.1, -0.05) is 26.0 Å². The number of benzene rings is 1. The summed E-state index contributed by atoms with van der Waals surface area (Å²) in [4.78, 5) is 0. The van der Waals surface area contributed by atoms with Gasteiger partial charge in [-0.05, 0) is 31.5 Å². The highest BCUT2D eigenvalue weighted by Gasteiger charge is 2.00. The first-order valence-electron chi connectivity index (χ1n) is 5.57. The molecule has 0 aliphatic carbocycles. The van der Waals surface area contributed by atoms with Crippen molar-refractivity contribution in [2.75, 3.05) is 0 Å². The van der Waals surface area contributed by atoms with Crippen LogP contribution in [0.3, 0.4) is 0 Å². The third-order valence-electron chi connectivity index (χ3n) is 1.98. The second kappa shape index (κ2) is 5.76. The predicted octanol–water partition coefficient (Wildman–Crippen LogP) is 2.97. The van der Waals surface area contributed by atoms with Gasteiger partial charge in [0.15, 0.2) is 0 Å². The van der Waals surface area contributed by atoms with E-state index in [1.807, 2.05) is 26.0 Å². The van der Waals surface area contributed by atoms with Gasteiger partial charge in [-0.2, -0.15) is 0 Å². The summed E-state index contributed by atoms with van der Waals surface area (Å²) in [5, 5.41) is 3.39. The minimum Gasteiger partial charge on any atom is -0.491 e. The normalized spacial score (nSPS) is 11.1. The predicted molar refractivity (Wildman–Crippen MR) is 64.2 cm³/mol. The van der Waals surface area contributed by atoms with E-state index in [2.05, 4.69) is 31.3 Å². The molecule has 1 N–H and O–H groups in total. The lowest BCUT2D eigenvalue weighted by Crippen LogP contribution is -2.21. The molecule has 0 unspecified atom stereocenters. The Bertz CT molecular complexity index is 294. The topological polar surface area (TPSA) is 21.3 Å². The van der Waals surface area contributed by atoms with Crippen molar-refractivity contribution < 1.29 is 4.74 Å². The van der Waals surface area contributed by atoms with Crippen molar-refractivity contribution in [3.63, 3.8) is 0 Å². The number of ether oxygens (including phenoxy) is 1. The lowest BCUT2D eigenvalue weighted by molar-refractivity contribution is 0.242. The Morgan fingerprint density at radius 3 is 2.53 bits per heavy atom. The Labute approximate surface area is 92.6 Å². The van der Waals surface area contributed by atoms with Gasteiger partial charge >= 0.3 is 0 Å². The maximum atomic E-state index is 5.63. The second-order valence-electron chi connectivity index (χ2n) is 4.35. The van der Waals surface area contributed by atoms with E-state index in [0.29, 0.717) is 6.04 Å². The van der Waals surface area contributed by atoms with Gasteiger partial charge in [0.05, 0.1) is 6.10 Å². The molecule has 2 heteroatoms. The highest BCUT2D eigenvalue weighted by Crippen LogP contribution is 2.14. The molecule has 0 spiro atoms. The molecule has 0 bridgehead atoms. The largest absolute Gasteiger partial charge is 0.491 e. The van der Waals surface area contributed by atoms with Crippen LogP contribution < -0.4 is 10.1 Å². The lowest BCUT2D eigenvalue weighted by Gasteiger charge is -2.12. The third kappa shape index (κ3) is 4.84. The van der Waals surface area contributed by atoms with E-state index < -0.39 is 0 Å². The summed E-state index contributed by atoms with van der Waals surface area (Å²) >= 11 is 0. The molecule has 0 saturated carbocycles. The molecule has 0 aromatic heterocycles. The fraction of sp³-hybridized carbons (Fsp3) is 0.538. The number of hydrogen-bond donors (Lipinski definition) is 1. The molecule has 15 heavy (non-hydrogen) atoms. The van der Waals surface area contributed by atoms with Crippen molar-refractivity contribution in [2.45, 2.75) is 46.4 Å². The lowest BCUT2D eigenvalue weighted by atomic mass is 10.2. The van der Waals surface area contributed by atoms with Crippen LogP contribution in [0.1, 0.15) is 33.3 Å². The average Bonchev–Trinajstić information content (AvgIpc) is 2.14. The molecule has 0 radical (unpaired) electrons. The molecule has 0 atom stereocenters. The van der Waals surface area contributed by atoms with Gasteiger partial charge in [0, 0.05) is 12.6 Å². The van der Waals surface area contributed by atoms with Crippen molar-refractivity contribution in [2.24, 2.45) is 0 Å². The van der Waals surface area contributed by atoms with E-state index in [1.54, 1.807) is 0 Å². The number of nitrogens with one attached hydrogen (secondary N) is 1. The van der Waals surface area contributed by atoms with Crippen LogP contribution in [0.5, 0.6) is 5.75 Å². The molecule has 0 saturated heterocycles. The first kappa shape index (κ1) is 12.1. The molecule has 1 aromatic carbocycles. The molecule has 0 amide bonds. The summed E-state index contributed by atoms with van der Waals surface area (Å²) in [6.07, 6.45) is 0.235. The summed E-state index contributed by atoms with van der Waals surface area (Å²) in [5.74, 6) is 0.952. The quantitative estimate of drug-likeness (QED) is 0.801. The van der Waals surface area contributed by atoms with Gasteiger partial charge in [-0.15, -0.1) is 0 Å². The maximum absolute atomic E-state index is 5.63. The number of rotatable bonds is 5. The molecule has 0 aliphatic heterocycles. The van der Waals surface area contributed by atoms with E-state index >= 15 is 0 Å². The van der Waals surface area contributed by atoms with Crippen molar-refractivity contribution in [1.29, 1.82) is 0 Å². The highest BCUT2D eigenvalue weighted by atomic mass is 16.5. The average molecular weight is 207 g/mol. The molecule has 1 rings (SSSR count). The summed E-state index contributed by atoms with van der Waals surface area (Å²) in [5.41, 5.74) is 1.27. The van der Waals surface area contributed by atoms with Gasteiger partial charge in [-0.3, -0.25) is 0 Å². The maximum Gasteiger partial charge on any atom is 0.120 e. The van der Waals surface area contributed by atoms with Crippen LogP contribution >= 0.6 is 0 Å². The molecule has 0 aliphatic rings. The zero-order valence-corrected chi connectivity index (χ0v) is 10.1. The van der Waals surface area contributed by atoms with Crippen LogP contribution in [0, 0.1) is 0 Å². The molecule has 1 aromatic rings. The zero-order valence-electron chi connectivity index (χ0n) is 10.1. The van der Waals surface area contributed by atoms with E-state index in [9.17, 15) is 0 Å². The smallest absolute Gasteiger partial charge is 0.120 e. The standard InChI is InChI=1S/C13H21NO/c1-10(2)14-9-12-6-5-7-13(8-12)15-11(3)4/h5-8,10-11,14H,9H2,1-4H3. The summed E-state index contributed by atoms with van der Waals surface area (Å²) in [7, 11) is 0. The first-order valence-corrected chi connectivity index (χ1v) is 5.57. The van der Waals surface area contributed by atoms with E-state index in [0.717, 1.165) is 12.3 Å². The van der Waals surface area contributed by atoms with Gasteiger partial charge in [0.1, 0.15) is 5.75 Å². The van der Waals surface area contributed by atoms with Crippen LogP contribution in [0.4, 0.5) is 0 Å². The fourth-order valence-electron chi connectivity index (χ4n) is 1.32. The third-order valence-corrected chi connectivity index (χ3v) is 1.98. The molecule has 0 fully saturated rings. The summed E-state index contributed by atoms with van der Waals surface area (Å²) in [6, 6.07) is 8.76. The Morgan fingerprint density at radius 2 is 1.93 bits per heavy atom. The fourth-order valence-corrected chi connectivity index (χ4v) is 1.32. The Kier molecular flexibility index (Phi) is 4.63. The summed E-state index contributed by atoms with van der Waals surface area (Å²) < 4.78 is 5.63. The zero-order chi connectivity index (χ0) is 11.3. The first-order chi connectivity index (χ1) is 7.08. The van der Waals surface area contributed by atoms with Gasteiger partial charge in [0.2, 0.25) is 0 Å². The van der Waals surface area contributed by atoms with Gasteiger partial charge < -0.3 is 10.1 Å². The van der Waals surface area contributed by atoms with Crippen LogP contribution in [-0.4, -0.2) is 12.1 Å².